The molecular weight excluding hydrogens is 405 g/mol. The summed E-state index contributed by atoms with van der Waals surface area (Å²) in [7, 11) is 0. The van der Waals surface area contributed by atoms with E-state index in [0.717, 1.165) is 29.7 Å². The molecule has 1 aromatic heterocycles. The van der Waals surface area contributed by atoms with Crippen molar-refractivity contribution in [3.05, 3.63) is 46.7 Å². The summed E-state index contributed by atoms with van der Waals surface area (Å²) in [4.78, 5) is 30.1. The van der Waals surface area contributed by atoms with E-state index in [-0.39, 0.29) is 23.7 Å². The lowest BCUT2D eigenvalue weighted by molar-refractivity contribution is -0.134. The first kappa shape index (κ1) is 22.2. The highest BCUT2D eigenvalue weighted by Crippen LogP contribution is 2.26. The number of thiazole rings is 1. The van der Waals surface area contributed by atoms with Gasteiger partial charge in [0, 0.05) is 30.1 Å². The topological polar surface area (TPSA) is 100 Å². The van der Waals surface area contributed by atoms with Crippen molar-refractivity contribution in [3.8, 4) is 0 Å². The number of carbonyl (C=O) groups is 2. The minimum atomic E-state index is -0.436. The Morgan fingerprint density at radius 3 is 2.93 bits per heavy atom. The quantitative estimate of drug-likeness (QED) is 0.594. The number of nitrogen functional groups attached to an aromatic ring is 1. The molecule has 0 spiro atoms. The van der Waals surface area contributed by atoms with Crippen LogP contribution in [0.4, 0.5) is 9.52 Å². The summed E-state index contributed by atoms with van der Waals surface area (Å²) in [6.07, 6.45) is 5.12. The minimum absolute atomic E-state index is 0.0769. The van der Waals surface area contributed by atoms with E-state index in [4.69, 9.17) is 5.73 Å². The lowest BCUT2D eigenvalue weighted by Crippen LogP contribution is -2.56. The van der Waals surface area contributed by atoms with Gasteiger partial charge in [0.2, 0.25) is 11.8 Å². The zero-order valence-electron chi connectivity index (χ0n) is 17.1. The Labute approximate surface area is 179 Å². The van der Waals surface area contributed by atoms with Gasteiger partial charge in [-0.2, -0.15) is 0 Å². The summed E-state index contributed by atoms with van der Waals surface area (Å²) in [5.74, 6) is -0.970. The Kier molecular flexibility index (Phi) is 7.75. The molecule has 3 rings (SSSR count). The molecule has 30 heavy (non-hydrogen) atoms. The first-order valence-corrected chi connectivity index (χ1v) is 11.1. The van der Waals surface area contributed by atoms with Crippen LogP contribution in [0.15, 0.2) is 30.5 Å². The van der Waals surface area contributed by atoms with E-state index in [9.17, 15) is 14.0 Å². The van der Waals surface area contributed by atoms with E-state index in [1.807, 2.05) is 11.1 Å². The first-order chi connectivity index (χ1) is 14.5. The maximum absolute atomic E-state index is 13.7. The highest BCUT2D eigenvalue weighted by Gasteiger charge is 2.35. The van der Waals surface area contributed by atoms with Crippen LogP contribution in [0.5, 0.6) is 0 Å². The van der Waals surface area contributed by atoms with Crippen LogP contribution in [0, 0.1) is 11.7 Å². The van der Waals surface area contributed by atoms with E-state index in [2.05, 4.69) is 15.7 Å². The van der Waals surface area contributed by atoms with E-state index < -0.39 is 5.92 Å². The molecule has 7 nitrogen and oxygen atoms in total. The molecule has 2 heterocycles. The number of nitrogens with one attached hydrogen (secondary N) is 2. The summed E-state index contributed by atoms with van der Waals surface area (Å²) in [5, 5.41) is 5.32. The van der Waals surface area contributed by atoms with Gasteiger partial charge in [0.1, 0.15) is 5.82 Å². The Balaban J connectivity index is 1.79. The van der Waals surface area contributed by atoms with Gasteiger partial charge in [0.25, 0.3) is 0 Å². The molecule has 0 saturated carbocycles. The Morgan fingerprint density at radius 2 is 2.23 bits per heavy atom. The van der Waals surface area contributed by atoms with Gasteiger partial charge in [-0.25, -0.2) is 14.4 Å². The molecule has 0 radical (unpaired) electrons. The number of anilines is 1. The van der Waals surface area contributed by atoms with E-state index in [0.29, 0.717) is 31.1 Å². The van der Waals surface area contributed by atoms with Crippen LogP contribution in [-0.4, -0.2) is 34.4 Å². The number of carbonyl (C=O) groups excluding carboxylic acids is 2. The molecule has 1 aliphatic rings. The monoisotopic (exact) mass is 433 g/mol. The summed E-state index contributed by atoms with van der Waals surface area (Å²) in [6, 6.07) is 6.16. The molecule has 0 bridgehead atoms. The van der Waals surface area contributed by atoms with Crippen LogP contribution in [0.1, 0.15) is 43.0 Å². The molecule has 9 heteroatoms. The number of amides is 2. The summed E-state index contributed by atoms with van der Waals surface area (Å²) < 4.78 is 13.7. The van der Waals surface area contributed by atoms with Gasteiger partial charge >= 0.3 is 0 Å². The number of nitrogens with zero attached hydrogens (tertiary/aromatic N) is 2. The van der Waals surface area contributed by atoms with Crippen molar-refractivity contribution in [1.29, 1.82) is 0 Å². The van der Waals surface area contributed by atoms with Crippen LogP contribution in [-0.2, 0) is 22.6 Å². The van der Waals surface area contributed by atoms with Crippen molar-refractivity contribution in [3.63, 3.8) is 0 Å². The second kappa shape index (κ2) is 10.5. The second-order valence-corrected chi connectivity index (χ2v) is 8.61. The molecule has 1 aliphatic heterocycles. The van der Waals surface area contributed by atoms with Crippen LogP contribution in [0.25, 0.3) is 0 Å². The Morgan fingerprint density at radius 1 is 1.40 bits per heavy atom. The number of halogens is 1. The number of hydrogen-bond donors (Lipinski definition) is 3. The van der Waals surface area contributed by atoms with Gasteiger partial charge < -0.3 is 11.1 Å². The SMILES string of the molecule is CCC(=O)NN1CCCC[C@@H]1[C@H](Cc1cccc(F)c1)C(=O)NCc1cnc(N)s1. The molecule has 162 valence electrons. The van der Waals surface area contributed by atoms with Crippen LogP contribution >= 0.6 is 11.3 Å². The highest BCUT2D eigenvalue weighted by molar-refractivity contribution is 7.15. The van der Waals surface area contributed by atoms with Gasteiger partial charge in [0.15, 0.2) is 5.13 Å². The molecule has 2 amide bonds. The molecule has 2 aromatic rings. The fourth-order valence-electron chi connectivity index (χ4n) is 3.78. The fourth-order valence-corrected chi connectivity index (χ4v) is 4.41. The number of hydrogen-bond acceptors (Lipinski definition) is 6. The van der Waals surface area contributed by atoms with Gasteiger partial charge in [-0.15, -0.1) is 11.3 Å². The van der Waals surface area contributed by atoms with Gasteiger partial charge in [-0.05, 0) is 37.0 Å². The average molecular weight is 434 g/mol. The van der Waals surface area contributed by atoms with Crippen molar-refractivity contribution in [2.45, 2.75) is 51.6 Å². The third kappa shape index (κ3) is 5.99. The molecule has 4 N–H and O–H groups in total. The summed E-state index contributed by atoms with van der Waals surface area (Å²) in [5.41, 5.74) is 9.37. The number of piperidine rings is 1. The average Bonchev–Trinajstić information content (AvgIpc) is 3.16. The molecule has 2 atom stereocenters. The largest absolute Gasteiger partial charge is 0.375 e. The zero-order valence-corrected chi connectivity index (χ0v) is 17.9. The van der Waals surface area contributed by atoms with Crippen molar-refractivity contribution < 1.29 is 14.0 Å². The van der Waals surface area contributed by atoms with Crippen LogP contribution < -0.4 is 16.5 Å². The number of benzene rings is 1. The van der Waals surface area contributed by atoms with Crippen LogP contribution in [0.3, 0.4) is 0 Å². The first-order valence-electron chi connectivity index (χ1n) is 10.2. The summed E-state index contributed by atoms with van der Waals surface area (Å²) >= 11 is 1.33. The molecule has 1 fully saturated rings. The maximum atomic E-state index is 13.7. The predicted octanol–water partition coefficient (Wildman–Crippen LogP) is 2.64. The lowest BCUT2D eigenvalue weighted by atomic mass is 9.86. The molecule has 1 saturated heterocycles. The summed E-state index contributed by atoms with van der Waals surface area (Å²) in [6.45, 7) is 2.82. The zero-order chi connectivity index (χ0) is 21.5. The minimum Gasteiger partial charge on any atom is -0.375 e. The van der Waals surface area contributed by atoms with Gasteiger partial charge in [0.05, 0.1) is 12.5 Å². The van der Waals surface area contributed by atoms with Crippen molar-refractivity contribution in [1.82, 2.24) is 20.7 Å². The molecular formula is C21H28FN5O2S. The van der Waals surface area contributed by atoms with Crippen molar-refractivity contribution >= 4 is 28.3 Å². The normalized spacial score (nSPS) is 18.0. The third-order valence-corrected chi connectivity index (χ3v) is 6.12. The third-order valence-electron chi connectivity index (χ3n) is 5.29. The predicted molar refractivity (Wildman–Crippen MR) is 115 cm³/mol. The van der Waals surface area contributed by atoms with E-state index in [1.165, 1.54) is 23.5 Å². The Hall–Kier alpha value is -2.52. The maximum Gasteiger partial charge on any atom is 0.234 e. The highest BCUT2D eigenvalue weighted by atomic mass is 32.1. The van der Waals surface area contributed by atoms with E-state index >= 15 is 0 Å². The number of nitrogens with two attached hydrogens (primary N) is 1. The standard InChI is InChI=1S/C21H28FN5O2S/c1-2-19(28)26-27-9-4-3-8-18(27)17(11-14-6-5-7-15(22)10-14)20(29)24-12-16-13-25-21(23)30-16/h5-7,10,13,17-18H,2-4,8-9,11-12H2,1H3,(H2,23,25)(H,24,29)(H,26,28)/t17-,18+/m0/s1. The number of rotatable bonds is 8. The fraction of sp³-hybridized carbons (Fsp3) is 0.476. The molecule has 0 unspecified atom stereocenters. The Bertz CT molecular complexity index is 875. The van der Waals surface area contributed by atoms with Crippen LogP contribution in [0.2, 0.25) is 0 Å². The number of aromatic nitrogens is 1. The van der Waals surface area contributed by atoms with Gasteiger partial charge in [-0.3, -0.25) is 15.0 Å². The van der Waals surface area contributed by atoms with Gasteiger partial charge in [-0.1, -0.05) is 25.5 Å². The lowest BCUT2D eigenvalue weighted by Gasteiger charge is -2.39. The smallest absolute Gasteiger partial charge is 0.234 e. The molecule has 1 aromatic carbocycles. The van der Waals surface area contributed by atoms with E-state index in [1.54, 1.807) is 19.2 Å². The van der Waals surface area contributed by atoms with Crippen molar-refractivity contribution in [2.75, 3.05) is 12.3 Å². The second-order valence-electron chi connectivity index (χ2n) is 7.47. The van der Waals surface area contributed by atoms with Crippen molar-refractivity contribution in [2.24, 2.45) is 5.92 Å². The number of hydrazine groups is 1. The molecule has 0 aliphatic carbocycles.